The van der Waals surface area contributed by atoms with E-state index in [1.54, 1.807) is 16.8 Å². The summed E-state index contributed by atoms with van der Waals surface area (Å²) in [7, 11) is 0. The molecule has 1 atom stereocenters. The summed E-state index contributed by atoms with van der Waals surface area (Å²) in [5.74, 6) is 0.0484. The van der Waals surface area contributed by atoms with Crippen LogP contribution < -0.4 is 0 Å². The molecule has 2 fully saturated rings. The molecule has 1 unspecified atom stereocenters. The van der Waals surface area contributed by atoms with Crippen LogP contribution in [-0.4, -0.2) is 44.9 Å². The molecule has 8 heteroatoms. The highest BCUT2D eigenvalue weighted by atomic mass is 32.1. The Bertz CT molecular complexity index is 921. The number of likely N-dealkylation sites (tertiary alicyclic amines) is 1. The first-order valence-electron chi connectivity index (χ1n) is 9.91. The van der Waals surface area contributed by atoms with E-state index < -0.39 is 0 Å². The van der Waals surface area contributed by atoms with Gasteiger partial charge in [-0.05, 0) is 63.5 Å². The normalized spacial score (nSPS) is 20.3. The summed E-state index contributed by atoms with van der Waals surface area (Å²) < 4.78 is 23.9. The lowest BCUT2D eigenvalue weighted by molar-refractivity contribution is -0.150. The smallest absolute Gasteiger partial charge is 0.310 e. The van der Waals surface area contributed by atoms with Crippen molar-refractivity contribution in [3.63, 3.8) is 0 Å². The van der Waals surface area contributed by atoms with Gasteiger partial charge in [0.25, 0.3) is 0 Å². The number of nitrogens with zero attached hydrogens (tertiary/aromatic N) is 4. The Morgan fingerprint density at radius 2 is 2.11 bits per heavy atom. The predicted octanol–water partition coefficient (Wildman–Crippen LogP) is 3.79. The van der Waals surface area contributed by atoms with E-state index in [-0.39, 0.29) is 17.7 Å². The molecule has 1 aromatic heterocycles. The Labute approximate surface area is 168 Å². The van der Waals surface area contributed by atoms with Crippen LogP contribution in [0.3, 0.4) is 0 Å². The van der Waals surface area contributed by atoms with Gasteiger partial charge in [-0.25, -0.2) is 9.07 Å². The number of piperidine rings is 1. The maximum Gasteiger partial charge on any atom is 0.310 e. The van der Waals surface area contributed by atoms with Gasteiger partial charge in [-0.1, -0.05) is 12.1 Å². The zero-order valence-corrected chi connectivity index (χ0v) is 16.8. The summed E-state index contributed by atoms with van der Waals surface area (Å²) in [4.78, 5) is 14.3. The Balaban J connectivity index is 1.59. The Hall–Kier alpha value is -2.06. The molecule has 0 radical (unpaired) electrons. The average Bonchev–Trinajstić information content (AvgIpc) is 3.48. The number of rotatable bonds is 6. The molecule has 2 aliphatic rings. The van der Waals surface area contributed by atoms with Crippen molar-refractivity contribution >= 4 is 18.2 Å². The summed E-state index contributed by atoms with van der Waals surface area (Å²) in [5.41, 5.74) is 0.474. The summed E-state index contributed by atoms with van der Waals surface area (Å²) in [5, 5.41) is 4.68. The van der Waals surface area contributed by atoms with E-state index in [2.05, 4.69) is 10.00 Å². The molecule has 0 bridgehead atoms. The largest absolute Gasteiger partial charge is 0.466 e. The molecule has 1 saturated carbocycles. The monoisotopic (exact) mass is 404 g/mol. The number of esters is 1. The van der Waals surface area contributed by atoms with Crippen molar-refractivity contribution in [1.29, 1.82) is 0 Å². The molecule has 2 aromatic rings. The van der Waals surface area contributed by atoms with Crippen LogP contribution >= 0.6 is 12.2 Å². The van der Waals surface area contributed by atoms with Crippen LogP contribution in [0.1, 0.15) is 38.6 Å². The Morgan fingerprint density at radius 1 is 1.32 bits per heavy atom. The topological polar surface area (TPSA) is 52.3 Å². The van der Waals surface area contributed by atoms with Crippen molar-refractivity contribution < 1.29 is 13.9 Å². The number of halogens is 1. The van der Waals surface area contributed by atoms with Crippen LogP contribution in [0, 0.1) is 16.5 Å². The van der Waals surface area contributed by atoms with Crippen molar-refractivity contribution in [2.45, 2.75) is 45.3 Å². The van der Waals surface area contributed by atoms with Gasteiger partial charge in [0, 0.05) is 12.6 Å². The second-order valence-corrected chi connectivity index (χ2v) is 7.86. The number of aromatic nitrogens is 3. The second kappa shape index (κ2) is 8.13. The second-order valence-electron chi connectivity index (χ2n) is 7.50. The van der Waals surface area contributed by atoms with Gasteiger partial charge in [-0.3, -0.25) is 14.3 Å². The van der Waals surface area contributed by atoms with E-state index in [0.29, 0.717) is 42.0 Å². The fourth-order valence-corrected chi connectivity index (χ4v) is 4.16. The van der Waals surface area contributed by atoms with E-state index >= 15 is 0 Å². The van der Waals surface area contributed by atoms with Gasteiger partial charge in [0.2, 0.25) is 0 Å². The van der Waals surface area contributed by atoms with E-state index in [0.717, 1.165) is 32.2 Å². The van der Waals surface area contributed by atoms with Crippen molar-refractivity contribution in [2.75, 3.05) is 19.7 Å². The third-order valence-electron chi connectivity index (χ3n) is 5.36. The fourth-order valence-electron chi connectivity index (χ4n) is 3.83. The number of hydrogen-bond acceptors (Lipinski definition) is 5. The third-order valence-corrected chi connectivity index (χ3v) is 5.76. The zero-order valence-electron chi connectivity index (χ0n) is 16.0. The number of ether oxygens (including phenoxy) is 1. The maximum atomic E-state index is 14.4. The van der Waals surface area contributed by atoms with Gasteiger partial charge in [-0.2, -0.15) is 5.10 Å². The third kappa shape index (κ3) is 3.89. The average molecular weight is 405 g/mol. The Morgan fingerprint density at radius 3 is 2.82 bits per heavy atom. The van der Waals surface area contributed by atoms with Crippen LogP contribution in [0.15, 0.2) is 24.3 Å². The molecular weight excluding hydrogens is 379 g/mol. The minimum atomic E-state index is -0.295. The van der Waals surface area contributed by atoms with E-state index in [1.165, 1.54) is 6.07 Å². The van der Waals surface area contributed by atoms with Gasteiger partial charge >= 0.3 is 5.97 Å². The van der Waals surface area contributed by atoms with Crippen LogP contribution in [-0.2, 0) is 16.2 Å². The molecule has 1 aliphatic heterocycles. The van der Waals surface area contributed by atoms with Crippen molar-refractivity contribution in [3.05, 3.63) is 34.9 Å². The van der Waals surface area contributed by atoms with Crippen LogP contribution in [0.4, 0.5) is 4.39 Å². The summed E-state index contributed by atoms with van der Waals surface area (Å²) >= 11 is 5.69. The highest BCUT2D eigenvalue weighted by Gasteiger charge is 2.31. The lowest BCUT2D eigenvalue weighted by atomic mass is 9.99. The number of benzene rings is 1. The van der Waals surface area contributed by atoms with Crippen LogP contribution in [0.2, 0.25) is 0 Å². The van der Waals surface area contributed by atoms with E-state index in [9.17, 15) is 9.18 Å². The SMILES string of the molecule is CCOC(=O)C1CCCN(Cn2nc(-c3ccccc3F)n(C3CC3)c2=S)C1. The quantitative estimate of drug-likeness (QED) is 0.542. The molecule has 6 nitrogen and oxygen atoms in total. The first-order valence-corrected chi connectivity index (χ1v) is 10.3. The molecule has 150 valence electrons. The maximum absolute atomic E-state index is 14.4. The predicted molar refractivity (Wildman–Crippen MR) is 106 cm³/mol. The van der Waals surface area contributed by atoms with Gasteiger partial charge in [-0.15, -0.1) is 0 Å². The molecule has 28 heavy (non-hydrogen) atoms. The van der Waals surface area contributed by atoms with E-state index in [1.807, 2.05) is 17.6 Å². The first kappa shape index (κ1) is 19.3. The van der Waals surface area contributed by atoms with E-state index in [4.69, 9.17) is 17.0 Å². The zero-order chi connectivity index (χ0) is 19.7. The highest BCUT2D eigenvalue weighted by Crippen LogP contribution is 2.39. The minimum Gasteiger partial charge on any atom is -0.466 e. The van der Waals surface area contributed by atoms with Crippen molar-refractivity contribution in [3.8, 4) is 11.4 Å². The molecule has 1 saturated heterocycles. The molecular formula is C20H25FN4O2S. The standard InChI is InChI=1S/C20H25FN4O2S/c1-2-27-19(26)14-6-5-11-23(12-14)13-24-20(28)25(15-9-10-15)18(22-24)16-7-3-4-8-17(16)21/h3-4,7-8,14-15H,2,5-6,9-13H2,1H3. The van der Waals surface area contributed by atoms with Gasteiger partial charge in [0.1, 0.15) is 5.82 Å². The first-order chi connectivity index (χ1) is 13.6. The highest BCUT2D eigenvalue weighted by molar-refractivity contribution is 7.71. The fraction of sp³-hybridized carbons (Fsp3) is 0.550. The van der Waals surface area contributed by atoms with Crippen molar-refractivity contribution in [2.24, 2.45) is 5.92 Å². The van der Waals surface area contributed by atoms with Gasteiger partial charge < -0.3 is 4.74 Å². The molecule has 0 spiro atoms. The summed E-state index contributed by atoms with van der Waals surface area (Å²) in [6.07, 6.45) is 3.85. The Kier molecular flexibility index (Phi) is 5.59. The minimum absolute atomic E-state index is 0.112. The molecule has 0 N–H and O–H groups in total. The molecule has 2 heterocycles. The lowest BCUT2D eigenvalue weighted by Crippen LogP contribution is -2.40. The summed E-state index contributed by atoms with van der Waals surface area (Å²) in [6, 6.07) is 6.97. The summed E-state index contributed by atoms with van der Waals surface area (Å²) in [6.45, 7) is 4.23. The number of hydrogen-bond donors (Lipinski definition) is 0. The van der Waals surface area contributed by atoms with Crippen LogP contribution in [0.5, 0.6) is 0 Å². The van der Waals surface area contributed by atoms with Gasteiger partial charge in [0.05, 0.1) is 24.8 Å². The number of carbonyl (C=O) groups is 1. The van der Waals surface area contributed by atoms with Crippen molar-refractivity contribution in [1.82, 2.24) is 19.2 Å². The van der Waals surface area contributed by atoms with Gasteiger partial charge in [0.15, 0.2) is 10.6 Å². The van der Waals surface area contributed by atoms with Crippen LogP contribution in [0.25, 0.3) is 11.4 Å². The molecule has 0 amide bonds. The molecule has 4 rings (SSSR count). The lowest BCUT2D eigenvalue weighted by Gasteiger charge is -2.31. The molecule has 1 aromatic carbocycles. The number of carbonyl (C=O) groups excluding carboxylic acids is 1. The molecule has 1 aliphatic carbocycles.